The van der Waals surface area contributed by atoms with Gasteiger partial charge >= 0.3 is 0 Å². The summed E-state index contributed by atoms with van der Waals surface area (Å²) >= 11 is 0. The summed E-state index contributed by atoms with van der Waals surface area (Å²) in [5.74, 6) is 0.939. The standard InChI is InChI=1S/C11H19N3O2/c1-3-9(6-12)5-11(15)13-7-10-4-8(2)14-16-10/h4,9H,3,5-7,12H2,1-2H3,(H,13,15). The molecule has 0 spiro atoms. The van der Waals surface area contributed by atoms with E-state index < -0.39 is 0 Å². The Morgan fingerprint density at radius 3 is 2.94 bits per heavy atom. The van der Waals surface area contributed by atoms with Crippen LogP contribution in [-0.4, -0.2) is 17.6 Å². The molecule has 0 aliphatic carbocycles. The van der Waals surface area contributed by atoms with E-state index in [0.29, 0.717) is 25.3 Å². The highest BCUT2D eigenvalue weighted by Gasteiger charge is 2.10. The van der Waals surface area contributed by atoms with Crippen molar-refractivity contribution >= 4 is 5.91 Å². The van der Waals surface area contributed by atoms with Crippen molar-refractivity contribution in [1.29, 1.82) is 0 Å². The number of nitrogens with two attached hydrogens (primary N) is 1. The molecule has 1 aromatic rings. The Morgan fingerprint density at radius 1 is 1.69 bits per heavy atom. The van der Waals surface area contributed by atoms with Crippen LogP contribution in [-0.2, 0) is 11.3 Å². The van der Waals surface area contributed by atoms with E-state index >= 15 is 0 Å². The number of rotatable bonds is 6. The fourth-order valence-electron chi connectivity index (χ4n) is 1.41. The van der Waals surface area contributed by atoms with Crippen LogP contribution in [0.2, 0.25) is 0 Å². The molecule has 1 rings (SSSR count). The first kappa shape index (κ1) is 12.7. The molecule has 16 heavy (non-hydrogen) atoms. The number of hydrogen-bond acceptors (Lipinski definition) is 4. The van der Waals surface area contributed by atoms with Gasteiger partial charge in [-0.3, -0.25) is 4.79 Å². The topological polar surface area (TPSA) is 81.2 Å². The van der Waals surface area contributed by atoms with E-state index in [1.807, 2.05) is 13.8 Å². The predicted molar refractivity (Wildman–Crippen MR) is 60.5 cm³/mol. The van der Waals surface area contributed by atoms with Crippen molar-refractivity contribution in [3.8, 4) is 0 Å². The van der Waals surface area contributed by atoms with Gasteiger partial charge in [0.2, 0.25) is 5.91 Å². The molecule has 0 aromatic carbocycles. The van der Waals surface area contributed by atoms with Crippen LogP contribution < -0.4 is 11.1 Å². The lowest BCUT2D eigenvalue weighted by Gasteiger charge is -2.10. The van der Waals surface area contributed by atoms with Crippen LogP contribution in [0.5, 0.6) is 0 Å². The maximum atomic E-state index is 11.5. The van der Waals surface area contributed by atoms with Crippen LogP contribution in [0.1, 0.15) is 31.2 Å². The van der Waals surface area contributed by atoms with Crippen LogP contribution in [0.15, 0.2) is 10.6 Å². The largest absolute Gasteiger partial charge is 0.359 e. The number of nitrogens with zero attached hydrogens (tertiary/aromatic N) is 1. The van der Waals surface area contributed by atoms with E-state index in [0.717, 1.165) is 12.1 Å². The molecule has 5 heteroatoms. The van der Waals surface area contributed by atoms with Gasteiger partial charge in [0.25, 0.3) is 0 Å². The number of aromatic nitrogens is 1. The van der Waals surface area contributed by atoms with Crippen LogP contribution in [0.25, 0.3) is 0 Å². The van der Waals surface area contributed by atoms with Crippen molar-refractivity contribution in [3.05, 3.63) is 17.5 Å². The zero-order valence-electron chi connectivity index (χ0n) is 9.82. The van der Waals surface area contributed by atoms with Crippen LogP contribution in [0.3, 0.4) is 0 Å². The molecule has 0 bridgehead atoms. The van der Waals surface area contributed by atoms with Crippen molar-refractivity contribution in [3.63, 3.8) is 0 Å². The van der Waals surface area contributed by atoms with Crippen molar-refractivity contribution in [2.45, 2.75) is 33.2 Å². The lowest BCUT2D eigenvalue weighted by Crippen LogP contribution is -2.27. The highest BCUT2D eigenvalue weighted by molar-refractivity contribution is 5.76. The predicted octanol–water partition coefficient (Wildman–Crippen LogP) is 0.974. The van der Waals surface area contributed by atoms with E-state index in [1.54, 1.807) is 6.07 Å². The zero-order chi connectivity index (χ0) is 12.0. The van der Waals surface area contributed by atoms with Gasteiger partial charge < -0.3 is 15.6 Å². The van der Waals surface area contributed by atoms with E-state index in [-0.39, 0.29) is 11.8 Å². The van der Waals surface area contributed by atoms with Gasteiger partial charge in [-0.15, -0.1) is 0 Å². The molecule has 0 saturated heterocycles. The SMILES string of the molecule is CCC(CN)CC(=O)NCc1cc(C)no1. The summed E-state index contributed by atoms with van der Waals surface area (Å²) in [5, 5.41) is 6.52. The summed E-state index contributed by atoms with van der Waals surface area (Å²) in [6.07, 6.45) is 1.39. The highest BCUT2D eigenvalue weighted by Crippen LogP contribution is 2.06. The average molecular weight is 225 g/mol. The van der Waals surface area contributed by atoms with Crippen molar-refractivity contribution < 1.29 is 9.32 Å². The van der Waals surface area contributed by atoms with E-state index in [9.17, 15) is 4.79 Å². The second-order valence-electron chi connectivity index (χ2n) is 3.93. The van der Waals surface area contributed by atoms with Gasteiger partial charge in [-0.05, 0) is 19.4 Å². The van der Waals surface area contributed by atoms with Crippen molar-refractivity contribution in [2.75, 3.05) is 6.54 Å². The number of nitrogens with one attached hydrogen (secondary N) is 1. The second kappa shape index (κ2) is 6.27. The molecule has 0 fully saturated rings. The minimum atomic E-state index is 0.00588. The summed E-state index contributed by atoms with van der Waals surface area (Å²) in [6, 6.07) is 1.81. The smallest absolute Gasteiger partial charge is 0.220 e. The third kappa shape index (κ3) is 4.02. The molecule has 1 aromatic heterocycles. The molecule has 1 heterocycles. The quantitative estimate of drug-likeness (QED) is 0.756. The Bertz CT molecular complexity index is 332. The summed E-state index contributed by atoms with van der Waals surface area (Å²) in [7, 11) is 0. The van der Waals surface area contributed by atoms with Gasteiger partial charge in [0, 0.05) is 12.5 Å². The van der Waals surface area contributed by atoms with Gasteiger partial charge in [-0.25, -0.2) is 0 Å². The monoisotopic (exact) mass is 225 g/mol. The van der Waals surface area contributed by atoms with Gasteiger partial charge in [0.1, 0.15) is 0 Å². The van der Waals surface area contributed by atoms with Crippen LogP contribution in [0.4, 0.5) is 0 Å². The molecule has 0 radical (unpaired) electrons. The Morgan fingerprint density at radius 2 is 2.44 bits per heavy atom. The lowest BCUT2D eigenvalue weighted by atomic mass is 10.0. The minimum Gasteiger partial charge on any atom is -0.359 e. The third-order valence-electron chi connectivity index (χ3n) is 2.52. The Kier molecular flexibility index (Phi) is 4.98. The maximum absolute atomic E-state index is 11.5. The fraction of sp³-hybridized carbons (Fsp3) is 0.636. The van der Waals surface area contributed by atoms with Gasteiger partial charge in [0.15, 0.2) is 5.76 Å². The number of aryl methyl sites for hydroxylation is 1. The second-order valence-corrected chi connectivity index (χ2v) is 3.93. The number of carbonyl (C=O) groups excluding carboxylic acids is 1. The number of amides is 1. The molecular formula is C11H19N3O2. The molecule has 1 amide bonds. The molecule has 5 nitrogen and oxygen atoms in total. The molecule has 0 aliphatic heterocycles. The number of hydrogen-bond donors (Lipinski definition) is 2. The maximum Gasteiger partial charge on any atom is 0.220 e. The average Bonchev–Trinajstić information content (AvgIpc) is 2.69. The number of carbonyl (C=O) groups is 1. The van der Waals surface area contributed by atoms with Crippen LogP contribution in [0, 0.1) is 12.8 Å². The Labute approximate surface area is 95.4 Å². The molecular weight excluding hydrogens is 206 g/mol. The first-order valence-electron chi connectivity index (χ1n) is 5.54. The highest BCUT2D eigenvalue weighted by atomic mass is 16.5. The molecule has 0 aliphatic rings. The Balaban J connectivity index is 2.30. The summed E-state index contributed by atoms with van der Waals surface area (Å²) in [5.41, 5.74) is 6.35. The molecule has 0 saturated carbocycles. The summed E-state index contributed by atoms with van der Waals surface area (Å²) in [6.45, 7) is 4.81. The van der Waals surface area contributed by atoms with Gasteiger partial charge in [-0.1, -0.05) is 18.5 Å². The summed E-state index contributed by atoms with van der Waals surface area (Å²) < 4.78 is 4.98. The van der Waals surface area contributed by atoms with E-state index in [1.165, 1.54) is 0 Å². The molecule has 3 N–H and O–H groups in total. The summed E-state index contributed by atoms with van der Waals surface area (Å²) in [4.78, 5) is 11.5. The third-order valence-corrected chi connectivity index (χ3v) is 2.52. The molecule has 1 unspecified atom stereocenters. The first-order valence-corrected chi connectivity index (χ1v) is 5.54. The normalized spacial score (nSPS) is 12.4. The Hall–Kier alpha value is -1.36. The fourth-order valence-corrected chi connectivity index (χ4v) is 1.41. The first-order chi connectivity index (χ1) is 7.65. The van der Waals surface area contributed by atoms with Gasteiger partial charge in [-0.2, -0.15) is 0 Å². The zero-order valence-corrected chi connectivity index (χ0v) is 9.82. The van der Waals surface area contributed by atoms with E-state index in [4.69, 9.17) is 10.3 Å². The van der Waals surface area contributed by atoms with Gasteiger partial charge in [0.05, 0.1) is 12.2 Å². The van der Waals surface area contributed by atoms with E-state index in [2.05, 4.69) is 10.5 Å². The van der Waals surface area contributed by atoms with Crippen molar-refractivity contribution in [1.82, 2.24) is 10.5 Å². The molecule has 90 valence electrons. The lowest BCUT2D eigenvalue weighted by molar-refractivity contribution is -0.122. The van der Waals surface area contributed by atoms with Crippen molar-refractivity contribution in [2.24, 2.45) is 11.7 Å². The molecule has 1 atom stereocenters. The minimum absolute atomic E-state index is 0.00588. The van der Waals surface area contributed by atoms with Crippen LogP contribution >= 0.6 is 0 Å².